The fraction of sp³-hybridized carbons (Fsp3) is 0.652. The van der Waals surface area contributed by atoms with Gasteiger partial charge >= 0.3 is 0 Å². The Morgan fingerprint density at radius 2 is 1.97 bits per heavy atom. The highest BCUT2D eigenvalue weighted by atomic mass is 32.2. The Hall–Kier alpha value is -1.57. The van der Waals surface area contributed by atoms with Crippen LogP contribution in [0.15, 0.2) is 23.1 Å². The van der Waals surface area contributed by atoms with Crippen LogP contribution in [0.3, 0.4) is 0 Å². The third-order valence-electron chi connectivity index (χ3n) is 6.53. The van der Waals surface area contributed by atoms with Gasteiger partial charge in [-0.05, 0) is 76.9 Å². The lowest BCUT2D eigenvalue weighted by Gasteiger charge is -2.35. The quantitative estimate of drug-likeness (QED) is 0.676. The highest BCUT2D eigenvalue weighted by Gasteiger charge is 2.33. The van der Waals surface area contributed by atoms with Gasteiger partial charge in [-0.3, -0.25) is 14.5 Å². The second-order valence-electron chi connectivity index (χ2n) is 8.76. The Morgan fingerprint density at radius 1 is 1.17 bits per heavy atom. The van der Waals surface area contributed by atoms with E-state index >= 15 is 0 Å². The smallest absolute Gasteiger partial charge is 0.252 e. The molecule has 0 radical (unpaired) electrons. The van der Waals surface area contributed by atoms with E-state index in [1.165, 1.54) is 32.2 Å². The molecule has 3 heterocycles. The maximum absolute atomic E-state index is 12.6. The molecule has 164 valence electrons. The molecule has 0 unspecified atom stereocenters. The number of anilines is 1. The number of carbonyl (C=O) groups excluding carboxylic acids is 2. The highest BCUT2D eigenvalue weighted by molar-refractivity contribution is 8.00. The third kappa shape index (κ3) is 5.18. The lowest BCUT2D eigenvalue weighted by atomic mass is 10.0. The van der Waals surface area contributed by atoms with Gasteiger partial charge in [0.2, 0.25) is 0 Å². The van der Waals surface area contributed by atoms with Crippen LogP contribution in [0, 0.1) is 0 Å². The first-order valence-electron chi connectivity index (χ1n) is 11.5. The summed E-state index contributed by atoms with van der Waals surface area (Å²) in [6.07, 6.45) is 8.44. The number of nitrogens with one attached hydrogen (secondary N) is 2. The number of carbonyl (C=O) groups is 2. The highest BCUT2D eigenvalue weighted by Crippen LogP contribution is 2.38. The molecule has 1 aromatic carbocycles. The van der Waals surface area contributed by atoms with E-state index in [2.05, 4.69) is 27.4 Å². The molecule has 7 heteroatoms. The van der Waals surface area contributed by atoms with Crippen LogP contribution in [-0.2, 0) is 4.79 Å². The van der Waals surface area contributed by atoms with E-state index < -0.39 is 0 Å². The van der Waals surface area contributed by atoms with Gasteiger partial charge in [-0.25, -0.2) is 0 Å². The lowest BCUT2D eigenvalue weighted by molar-refractivity contribution is -0.118. The molecule has 3 aliphatic rings. The molecule has 2 saturated heterocycles. The van der Waals surface area contributed by atoms with Crippen LogP contribution in [0.4, 0.5) is 5.69 Å². The standard InChI is InChI=1S/C23H34N4O2S/c1-17-8-3-6-12-26(17)15-7-11-24-21(28)18-9-10-20-19(16-18)25-22(29)23(30-20)27-13-4-2-5-14-27/h9-10,16-17,23H,2-8,11-15H2,1H3,(H,24,28)(H,25,29)/t17-,23+/m0/s1. The molecule has 0 aromatic heterocycles. The van der Waals surface area contributed by atoms with Crippen LogP contribution in [0.1, 0.15) is 62.2 Å². The van der Waals surface area contributed by atoms with Crippen molar-refractivity contribution in [3.8, 4) is 0 Å². The van der Waals surface area contributed by atoms with E-state index in [4.69, 9.17) is 0 Å². The molecular weight excluding hydrogens is 396 g/mol. The molecule has 0 aliphatic carbocycles. The van der Waals surface area contributed by atoms with Crippen molar-refractivity contribution in [1.82, 2.24) is 15.1 Å². The van der Waals surface area contributed by atoms with Crippen molar-refractivity contribution < 1.29 is 9.59 Å². The van der Waals surface area contributed by atoms with Gasteiger partial charge in [-0.2, -0.15) is 0 Å². The normalized spacial score (nSPS) is 25.4. The zero-order chi connectivity index (χ0) is 20.9. The number of rotatable bonds is 6. The molecule has 2 amide bonds. The Kier molecular flexibility index (Phi) is 7.33. The first kappa shape index (κ1) is 21.7. The lowest BCUT2D eigenvalue weighted by Crippen LogP contribution is -2.46. The van der Waals surface area contributed by atoms with Crippen molar-refractivity contribution in [2.24, 2.45) is 0 Å². The number of hydrogen-bond donors (Lipinski definition) is 2. The van der Waals surface area contributed by atoms with Crippen LogP contribution < -0.4 is 10.6 Å². The fourth-order valence-corrected chi connectivity index (χ4v) is 5.86. The molecule has 0 bridgehead atoms. The molecule has 30 heavy (non-hydrogen) atoms. The van der Waals surface area contributed by atoms with Crippen LogP contribution in [0.5, 0.6) is 0 Å². The average Bonchev–Trinajstić information content (AvgIpc) is 2.77. The minimum atomic E-state index is -0.158. The number of likely N-dealkylation sites (tertiary alicyclic amines) is 2. The summed E-state index contributed by atoms with van der Waals surface area (Å²) in [6, 6.07) is 6.32. The average molecular weight is 431 g/mol. The molecule has 3 aliphatic heterocycles. The van der Waals surface area contributed by atoms with Crippen LogP contribution in [0.25, 0.3) is 0 Å². The van der Waals surface area contributed by atoms with Crippen molar-refractivity contribution in [3.63, 3.8) is 0 Å². The number of amides is 2. The second kappa shape index (κ2) is 10.2. The fourth-order valence-electron chi connectivity index (χ4n) is 4.71. The van der Waals surface area contributed by atoms with Gasteiger partial charge < -0.3 is 15.5 Å². The van der Waals surface area contributed by atoms with Crippen LogP contribution in [-0.4, -0.2) is 65.8 Å². The van der Waals surface area contributed by atoms with Gasteiger partial charge in [0.1, 0.15) is 5.37 Å². The first-order chi connectivity index (χ1) is 14.6. The van der Waals surface area contributed by atoms with Gasteiger partial charge in [-0.1, -0.05) is 24.6 Å². The predicted molar refractivity (Wildman–Crippen MR) is 122 cm³/mol. The van der Waals surface area contributed by atoms with Gasteiger partial charge in [0.05, 0.1) is 5.69 Å². The Morgan fingerprint density at radius 3 is 2.77 bits per heavy atom. The molecule has 2 N–H and O–H groups in total. The Balaban J connectivity index is 1.29. The van der Waals surface area contributed by atoms with Gasteiger partial charge in [0.15, 0.2) is 0 Å². The molecule has 4 rings (SSSR count). The number of thioether (sulfide) groups is 1. The van der Waals surface area contributed by atoms with E-state index in [0.29, 0.717) is 18.2 Å². The number of hydrogen-bond acceptors (Lipinski definition) is 5. The van der Waals surface area contributed by atoms with Crippen molar-refractivity contribution >= 4 is 29.3 Å². The summed E-state index contributed by atoms with van der Waals surface area (Å²) in [6.45, 7) is 7.16. The van der Waals surface area contributed by atoms with E-state index in [1.807, 2.05) is 18.2 Å². The van der Waals surface area contributed by atoms with Crippen molar-refractivity contribution in [1.29, 1.82) is 0 Å². The van der Waals surface area contributed by atoms with Crippen LogP contribution in [0.2, 0.25) is 0 Å². The zero-order valence-electron chi connectivity index (χ0n) is 18.0. The summed E-state index contributed by atoms with van der Waals surface area (Å²) in [5.74, 6) is -0.0375. The zero-order valence-corrected chi connectivity index (χ0v) is 18.8. The maximum atomic E-state index is 12.6. The third-order valence-corrected chi connectivity index (χ3v) is 7.88. The van der Waals surface area contributed by atoms with Crippen molar-refractivity contribution in [2.75, 3.05) is 38.0 Å². The Bertz CT molecular complexity index is 766. The van der Waals surface area contributed by atoms with E-state index in [1.54, 1.807) is 11.8 Å². The summed E-state index contributed by atoms with van der Waals surface area (Å²) in [7, 11) is 0. The van der Waals surface area contributed by atoms with Gasteiger partial charge in [-0.15, -0.1) is 0 Å². The predicted octanol–water partition coefficient (Wildman–Crippen LogP) is 3.54. The summed E-state index contributed by atoms with van der Waals surface area (Å²) in [5, 5.41) is 5.91. The monoisotopic (exact) mass is 430 g/mol. The van der Waals surface area contributed by atoms with E-state index in [0.717, 1.165) is 49.5 Å². The topological polar surface area (TPSA) is 64.7 Å². The number of benzene rings is 1. The molecule has 2 fully saturated rings. The SMILES string of the molecule is C[C@H]1CCCCN1CCCNC(=O)c1ccc2c(c1)NC(=O)[C@H](N1CCCCC1)S2. The number of nitrogens with zero attached hydrogens (tertiary/aromatic N) is 2. The summed E-state index contributed by atoms with van der Waals surface area (Å²) in [4.78, 5) is 31.1. The minimum absolute atomic E-state index is 0.0302. The van der Waals surface area contributed by atoms with E-state index in [-0.39, 0.29) is 17.2 Å². The van der Waals surface area contributed by atoms with Crippen molar-refractivity contribution in [2.45, 2.75) is 68.2 Å². The van der Waals surface area contributed by atoms with Gasteiger partial charge in [0.25, 0.3) is 11.8 Å². The van der Waals surface area contributed by atoms with E-state index in [9.17, 15) is 9.59 Å². The first-order valence-corrected chi connectivity index (χ1v) is 12.4. The summed E-state index contributed by atoms with van der Waals surface area (Å²) in [5.41, 5.74) is 1.37. The molecule has 6 nitrogen and oxygen atoms in total. The van der Waals surface area contributed by atoms with Crippen molar-refractivity contribution in [3.05, 3.63) is 23.8 Å². The summed E-state index contributed by atoms with van der Waals surface area (Å²) < 4.78 is 0. The molecular formula is C23H34N4O2S. The molecule has 2 atom stereocenters. The minimum Gasteiger partial charge on any atom is -0.352 e. The molecule has 1 aromatic rings. The molecule has 0 saturated carbocycles. The number of fused-ring (bicyclic) bond motifs is 1. The second-order valence-corrected chi connectivity index (χ2v) is 9.88. The Labute approximate surface area is 184 Å². The van der Waals surface area contributed by atoms with Gasteiger partial charge in [0, 0.05) is 29.6 Å². The maximum Gasteiger partial charge on any atom is 0.252 e. The largest absolute Gasteiger partial charge is 0.352 e. The molecule has 0 spiro atoms. The summed E-state index contributed by atoms with van der Waals surface area (Å²) >= 11 is 1.61. The number of piperidine rings is 2. The van der Waals surface area contributed by atoms with Crippen LogP contribution >= 0.6 is 11.8 Å².